The van der Waals surface area contributed by atoms with E-state index in [9.17, 15) is 13.2 Å². The summed E-state index contributed by atoms with van der Waals surface area (Å²) in [6.45, 7) is 0. The molecule has 0 fully saturated rings. The van der Waals surface area contributed by atoms with Crippen molar-refractivity contribution in [3.8, 4) is 11.5 Å². The van der Waals surface area contributed by atoms with Gasteiger partial charge in [0.25, 0.3) is 5.89 Å². The molecule has 0 N–H and O–H groups in total. The first-order valence-corrected chi connectivity index (χ1v) is 3.80. The first-order valence-electron chi connectivity index (χ1n) is 3.80. The molecule has 0 unspecified atom stereocenters. The van der Waals surface area contributed by atoms with Gasteiger partial charge in [-0.2, -0.15) is 18.2 Å². The van der Waals surface area contributed by atoms with E-state index >= 15 is 0 Å². The largest absolute Gasteiger partial charge is 0.417 e. The van der Waals surface area contributed by atoms with Gasteiger partial charge in [0.15, 0.2) is 0 Å². The van der Waals surface area contributed by atoms with Crippen LogP contribution in [0, 0.1) is 6.33 Å². The number of nitrogens with zero attached hydrogens (tertiary/aromatic N) is 3. The first-order chi connectivity index (χ1) is 7.09. The topological polar surface area (TPSA) is 51.8 Å². The molecule has 4 nitrogen and oxygen atoms in total. The SMILES string of the molecule is FC(F)(F)c1ccncc1-c1n[c]no1. The summed E-state index contributed by atoms with van der Waals surface area (Å²) in [5.74, 6) is -0.254. The first kappa shape index (κ1) is 9.63. The van der Waals surface area contributed by atoms with Crippen molar-refractivity contribution in [2.75, 3.05) is 0 Å². The van der Waals surface area contributed by atoms with Crippen molar-refractivity contribution >= 4 is 0 Å². The zero-order valence-electron chi connectivity index (χ0n) is 7.12. The molecular formula is C8H3F3N3O. The Balaban J connectivity index is 2.58. The van der Waals surface area contributed by atoms with E-state index in [2.05, 4.69) is 19.6 Å². The van der Waals surface area contributed by atoms with E-state index in [0.717, 1.165) is 18.5 Å². The molecule has 0 aliphatic carbocycles. The molecule has 2 rings (SSSR count). The molecular weight excluding hydrogens is 211 g/mol. The fourth-order valence-electron chi connectivity index (χ4n) is 1.07. The number of hydrogen-bond acceptors (Lipinski definition) is 4. The van der Waals surface area contributed by atoms with E-state index in [1.165, 1.54) is 0 Å². The van der Waals surface area contributed by atoms with Crippen molar-refractivity contribution in [3.63, 3.8) is 0 Å². The Morgan fingerprint density at radius 3 is 2.73 bits per heavy atom. The van der Waals surface area contributed by atoms with Crippen LogP contribution >= 0.6 is 0 Å². The zero-order chi connectivity index (χ0) is 10.9. The van der Waals surface area contributed by atoms with Gasteiger partial charge < -0.3 is 4.52 Å². The van der Waals surface area contributed by atoms with Crippen LogP contribution in [0.25, 0.3) is 11.5 Å². The lowest BCUT2D eigenvalue weighted by Gasteiger charge is -2.08. The van der Waals surface area contributed by atoms with Gasteiger partial charge in [0.05, 0.1) is 11.1 Å². The standard InChI is InChI=1S/C8H3F3N3O/c9-8(10,11)6-1-2-12-3-5(6)7-13-4-14-15-7/h1-3H. The molecule has 0 aliphatic heterocycles. The number of hydrogen-bond donors (Lipinski definition) is 0. The van der Waals surface area contributed by atoms with E-state index in [4.69, 9.17) is 0 Å². The molecule has 0 aromatic carbocycles. The minimum atomic E-state index is -4.48. The number of pyridine rings is 1. The van der Waals surface area contributed by atoms with Crippen LogP contribution in [0.1, 0.15) is 5.56 Å². The highest BCUT2D eigenvalue weighted by Gasteiger charge is 2.34. The van der Waals surface area contributed by atoms with E-state index in [1.807, 2.05) is 6.33 Å². The summed E-state index contributed by atoms with van der Waals surface area (Å²) in [5, 5.41) is 3.12. The third kappa shape index (κ3) is 1.80. The molecule has 7 heteroatoms. The molecule has 15 heavy (non-hydrogen) atoms. The maximum absolute atomic E-state index is 12.5. The Kier molecular flexibility index (Phi) is 2.14. The van der Waals surface area contributed by atoms with Gasteiger partial charge in [-0.05, 0) is 6.07 Å². The van der Waals surface area contributed by atoms with E-state index in [-0.39, 0.29) is 11.5 Å². The van der Waals surface area contributed by atoms with Crippen LogP contribution in [0.4, 0.5) is 13.2 Å². The lowest BCUT2D eigenvalue weighted by atomic mass is 10.1. The highest BCUT2D eigenvalue weighted by molar-refractivity contribution is 5.57. The fourth-order valence-corrected chi connectivity index (χ4v) is 1.07. The maximum atomic E-state index is 12.5. The average molecular weight is 214 g/mol. The second kappa shape index (κ2) is 3.34. The molecule has 2 aromatic heterocycles. The van der Waals surface area contributed by atoms with Crippen LogP contribution in [-0.4, -0.2) is 15.1 Å². The van der Waals surface area contributed by atoms with Gasteiger partial charge in [-0.3, -0.25) is 4.98 Å². The van der Waals surface area contributed by atoms with Gasteiger partial charge in [-0.25, -0.2) is 0 Å². The Labute approximate surface area is 81.8 Å². The minimum Gasteiger partial charge on any atom is -0.333 e. The van der Waals surface area contributed by atoms with Crippen molar-refractivity contribution in [1.29, 1.82) is 0 Å². The molecule has 0 saturated heterocycles. The van der Waals surface area contributed by atoms with Gasteiger partial charge in [0.2, 0.25) is 6.33 Å². The summed E-state index contributed by atoms with van der Waals surface area (Å²) in [4.78, 5) is 6.99. The number of rotatable bonds is 1. The van der Waals surface area contributed by atoms with E-state index in [1.54, 1.807) is 0 Å². The summed E-state index contributed by atoms with van der Waals surface area (Å²) in [5.41, 5.74) is -1.12. The number of halogens is 3. The monoisotopic (exact) mass is 214 g/mol. The zero-order valence-corrected chi connectivity index (χ0v) is 7.12. The van der Waals surface area contributed by atoms with Crippen molar-refractivity contribution in [2.24, 2.45) is 0 Å². The van der Waals surface area contributed by atoms with Crippen molar-refractivity contribution < 1.29 is 17.7 Å². The van der Waals surface area contributed by atoms with Crippen molar-refractivity contribution in [3.05, 3.63) is 30.4 Å². The molecule has 0 amide bonds. The predicted octanol–water partition coefficient (Wildman–Crippen LogP) is 1.95. The second-order valence-electron chi connectivity index (χ2n) is 2.62. The highest BCUT2D eigenvalue weighted by Crippen LogP contribution is 2.35. The van der Waals surface area contributed by atoms with Crippen molar-refractivity contribution in [1.82, 2.24) is 15.1 Å². The Morgan fingerprint density at radius 2 is 2.13 bits per heavy atom. The summed E-state index contributed by atoms with van der Waals surface area (Å²) < 4.78 is 42.0. The molecule has 2 heterocycles. The molecule has 0 bridgehead atoms. The summed E-state index contributed by atoms with van der Waals surface area (Å²) in [6.07, 6.45) is -0.368. The molecule has 2 aromatic rings. The Bertz CT molecular complexity index is 452. The lowest BCUT2D eigenvalue weighted by molar-refractivity contribution is -0.137. The van der Waals surface area contributed by atoms with Crippen LogP contribution in [0.15, 0.2) is 23.0 Å². The smallest absolute Gasteiger partial charge is 0.333 e. The summed E-state index contributed by atoms with van der Waals surface area (Å²) in [7, 11) is 0. The normalized spacial score (nSPS) is 11.7. The second-order valence-corrected chi connectivity index (χ2v) is 2.62. The minimum absolute atomic E-state index is 0.251. The predicted molar refractivity (Wildman–Crippen MR) is 41.4 cm³/mol. The molecule has 0 aliphatic rings. The molecule has 0 atom stereocenters. The lowest BCUT2D eigenvalue weighted by Crippen LogP contribution is -2.07. The summed E-state index contributed by atoms with van der Waals surface area (Å²) in [6, 6.07) is 0.847. The van der Waals surface area contributed by atoms with Crippen LogP contribution < -0.4 is 0 Å². The third-order valence-electron chi connectivity index (χ3n) is 1.68. The Hall–Kier alpha value is -1.92. The highest BCUT2D eigenvalue weighted by atomic mass is 19.4. The van der Waals surface area contributed by atoms with Crippen LogP contribution in [0.3, 0.4) is 0 Å². The van der Waals surface area contributed by atoms with E-state index in [0.29, 0.717) is 0 Å². The van der Waals surface area contributed by atoms with Crippen LogP contribution in [0.5, 0.6) is 0 Å². The van der Waals surface area contributed by atoms with Gasteiger partial charge in [-0.15, -0.1) is 0 Å². The number of alkyl halides is 3. The molecule has 0 spiro atoms. The molecule has 0 saturated carbocycles. The Morgan fingerprint density at radius 1 is 1.33 bits per heavy atom. The summed E-state index contributed by atoms with van der Waals surface area (Å²) >= 11 is 0. The average Bonchev–Trinajstić information content (AvgIpc) is 2.69. The van der Waals surface area contributed by atoms with Crippen LogP contribution in [0.2, 0.25) is 0 Å². The van der Waals surface area contributed by atoms with Gasteiger partial charge in [0, 0.05) is 12.4 Å². The number of aromatic nitrogens is 3. The van der Waals surface area contributed by atoms with E-state index < -0.39 is 11.7 Å². The quantitative estimate of drug-likeness (QED) is 0.727. The van der Waals surface area contributed by atoms with Crippen LogP contribution in [-0.2, 0) is 6.18 Å². The fraction of sp³-hybridized carbons (Fsp3) is 0.125. The van der Waals surface area contributed by atoms with Gasteiger partial charge in [-0.1, -0.05) is 5.16 Å². The van der Waals surface area contributed by atoms with Gasteiger partial charge in [0.1, 0.15) is 0 Å². The molecule has 1 radical (unpaired) electrons. The molecule has 77 valence electrons. The van der Waals surface area contributed by atoms with Gasteiger partial charge >= 0.3 is 6.18 Å². The maximum Gasteiger partial charge on any atom is 0.417 e. The van der Waals surface area contributed by atoms with Crippen molar-refractivity contribution in [2.45, 2.75) is 6.18 Å². The third-order valence-corrected chi connectivity index (χ3v) is 1.68.